The van der Waals surface area contributed by atoms with Gasteiger partial charge in [-0.3, -0.25) is 4.79 Å². The molecule has 36 heavy (non-hydrogen) atoms. The van der Waals surface area contributed by atoms with E-state index in [0.29, 0.717) is 55.6 Å². The van der Waals surface area contributed by atoms with Crippen LogP contribution in [0.3, 0.4) is 0 Å². The molecule has 0 radical (unpaired) electrons. The van der Waals surface area contributed by atoms with Crippen molar-refractivity contribution in [3.05, 3.63) is 76.2 Å². The van der Waals surface area contributed by atoms with E-state index in [4.69, 9.17) is 16.6 Å². The van der Waals surface area contributed by atoms with Crippen molar-refractivity contribution in [2.24, 2.45) is 0 Å². The zero-order chi connectivity index (χ0) is 25.9. The zero-order valence-electron chi connectivity index (χ0n) is 20.7. The van der Waals surface area contributed by atoms with Gasteiger partial charge in [-0.1, -0.05) is 23.7 Å². The van der Waals surface area contributed by atoms with Crippen molar-refractivity contribution >= 4 is 39.0 Å². The Morgan fingerprint density at radius 2 is 1.67 bits per heavy atom. The first-order chi connectivity index (χ1) is 17.1. The average Bonchev–Trinajstić information content (AvgIpc) is 3.09. The molecule has 0 bridgehead atoms. The topological polar surface area (TPSA) is 95.5 Å². The van der Waals surface area contributed by atoms with Crippen LogP contribution in [0.15, 0.2) is 53.4 Å². The van der Waals surface area contributed by atoms with Gasteiger partial charge in [0.05, 0.1) is 4.90 Å². The molecule has 190 valence electrons. The van der Waals surface area contributed by atoms with Crippen molar-refractivity contribution < 1.29 is 13.2 Å². The number of carbonyl (C=O) groups is 1. The van der Waals surface area contributed by atoms with Crippen LogP contribution in [0.2, 0.25) is 5.02 Å². The summed E-state index contributed by atoms with van der Waals surface area (Å²) in [6.07, 6.45) is 1.34. The quantitative estimate of drug-likeness (QED) is 0.516. The molecule has 2 heterocycles. The molecule has 1 fully saturated rings. The van der Waals surface area contributed by atoms with Crippen molar-refractivity contribution in [3.63, 3.8) is 0 Å². The number of carbonyl (C=O) groups excluding carboxylic acids is 1. The predicted octanol–water partition coefficient (Wildman–Crippen LogP) is 4.20. The van der Waals surface area contributed by atoms with Crippen molar-refractivity contribution in [3.8, 4) is 0 Å². The summed E-state index contributed by atoms with van der Waals surface area (Å²) in [7, 11) is -3.67. The van der Waals surface area contributed by atoms with Crippen LogP contribution < -0.4 is 10.2 Å². The Balaban J connectivity index is 1.54. The van der Waals surface area contributed by atoms with Gasteiger partial charge in [0, 0.05) is 61.5 Å². The van der Waals surface area contributed by atoms with Gasteiger partial charge in [0.1, 0.15) is 11.6 Å². The van der Waals surface area contributed by atoms with Gasteiger partial charge < -0.3 is 10.2 Å². The molecule has 1 N–H and O–H groups in total. The van der Waals surface area contributed by atoms with Crippen LogP contribution in [0.25, 0.3) is 0 Å². The molecule has 0 saturated carbocycles. The normalized spacial score (nSPS) is 14.9. The van der Waals surface area contributed by atoms with E-state index in [-0.39, 0.29) is 10.8 Å². The molecule has 0 atom stereocenters. The first-order valence-electron chi connectivity index (χ1n) is 11.8. The van der Waals surface area contributed by atoms with Gasteiger partial charge in [0.15, 0.2) is 0 Å². The zero-order valence-corrected chi connectivity index (χ0v) is 22.2. The van der Waals surface area contributed by atoms with Crippen LogP contribution in [0.1, 0.15) is 36.0 Å². The lowest BCUT2D eigenvalue weighted by Gasteiger charge is -2.26. The largest absolute Gasteiger partial charge is 0.355 e. The molecule has 0 spiro atoms. The second-order valence-corrected chi connectivity index (χ2v) is 11.3. The highest BCUT2D eigenvalue weighted by Gasteiger charge is 2.28. The van der Waals surface area contributed by atoms with Gasteiger partial charge in [-0.05, 0) is 62.2 Å². The number of aromatic nitrogens is 2. The lowest BCUT2D eigenvalue weighted by Crippen LogP contribution is -2.35. The Hall–Kier alpha value is -3.01. The van der Waals surface area contributed by atoms with Gasteiger partial charge in [0.2, 0.25) is 15.9 Å². The Morgan fingerprint density at radius 3 is 2.33 bits per heavy atom. The summed E-state index contributed by atoms with van der Waals surface area (Å²) in [5.41, 5.74) is 3.62. The van der Waals surface area contributed by atoms with E-state index < -0.39 is 10.0 Å². The third-order valence-corrected chi connectivity index (χ3v) is 8.33. The highest BCUT2D eigenvalue weighted by Crippen LogP contribution is 2.27. The van der Waals surface area contributed by atoms with Gasteiger partial charge in [-0.25, -0.2) is 18.4 Å². The monoisotopic (exact) mass is 527 g/mol. The molecule has 1 aliphatic heterocycles. The fraction of sp³-hybridized carbons (Fsp3) is 0.346. The summed E-state index contributed by atoms with van der Waals surface area (Å²) in [4.78, 5) is 23.0. The second kappa shape index (κ2) is 10.9. The first kappa shape index (κ1) is 26.1. The molecule has 0 unspecified atom stereocenters. The molecule has 1 amide bonds. The van der Waals surface area contributed by atoms with Crippen LogP contribution in [0, 0.1) is 13.8 Å². The van der Waals surface area contributed by atoms with Crippen LogP contribution in [0.4, 0.5) is 11.5 Å². The number of halogens is 1. The minimum absolute atomic E-state index is 0.205. The smallest absolute Gasteiger partial charge is 0.243 e. The van der Waals surface area contributed by atoms with Crippen molar-refractivity contribution in [2.45, 2.75) is 38.5 Å². The molecule has 0 aliphatic carbocycles. The minimum atomic E-state index is -3.67. The standard InChI is InChI=1S/C26H30ClN5O3S/c1-18-25(17-21-5-7-22(27)8-6-21)26(29-19(2)28-18)31-13-4-14-32(16-15-31)36(34,35)24-11-9-23(10-12-24)30-20(3)33/h5-12H,4,13-17H2,1-3H3,(H,30,33). The fourth-order valence-electron chi connectivity index (χ4n) is 4.40. The Morgan fingerprint density at radius 1 is 0.972 bits per heavy atom. The summed E-state index contributed by atoms with van der Waals surface area (Å²) in [6, 6.07) is 14.0. The Labute approximate surface area is 217 Å². The molecule has 4 rings (SSSR count). The number of hydrogen-bond donors (Lipinski definition) is 1. The molecule has 10 heteroatoms. The van der Waals surface area contributed by atoms with E-state index in [1.165, 1.54) is 23.4 Å². The van der Waals surface area contributed by atoms with E-state index in [1.54, 1.807) is 12.1 Å². The Bertz CT molecular complexity index is 1350. The highest BCUT2D eigenvalue weighted by molar-refractivity contribution is 7.89. The lowest BCUT2D eigenvalue weighted by molar-refractivity contribution is -0.114. The first-order valence-corrected chi connectivity index (χ1v) is 13.7. The lowest BCUT2D eigenvalue weighted by atomic mass is 10.0. The van der Waals surface area contributed by atoms with Gasteiger partial charge in [-0.15, -0.1) is 0 Å². The average molecular weight is 528 g/mol. The van der Waals surface area contributed by atoms with Crippen LogP contribution in [-0.2, 0) is 21.2 Å². The van der Waals surface area contributed by atoms with E-state index in [2.05, 4.69) is 15.2 Å². The van der Waals surface area contributed by atoms with Gasteiger partial charge >= 0.3 is 0 Å². The third kappa shape index (κ3) is 6.03. The minimum Gasteiger partial charge on any atom is -0.355 e. The molecular weight excluding hydrogens is 498 g/mol. The number of sulfonamides is 1. The van der Waals surface area contributed by atoms with Gasteiger partial charge in [0.25, 0.3) is 0 Å². The van der Waals surface area contributed by atoms with Crippen molar-refractivity contribution in [1.82, 2.24) is 14.3 Å². The van der Waals surface area contributed by atoms with Crippen LogP contribution in [0.5, 0.6) is 0 Å². The molecule has 3 aromatic rings. The summed E-state index contributed by atoms with van der Waals surface area (Å²) >= 11 is 6.06. The van der Waals surface area contributed by atoms with E-state index in [1.807, 2.05) is 38.1 Å². The predicted molar refractivity (Wildman–Crippen MR) is 142 cm³/mol. The number of rotatable bonds is 6. The van der Waals surface area contributed by atoms with Gasteiger partial charge in [-0.2, -0.15) is 4.31 Å². The molecule has 1 saturated heterocycles. The number of anilines is 2. The third-order valence-electron chi connectivity index (χ3n) is 6.16. The number of aryl methyl sites for hydroxylation is 2. The molecule has 8 nitrogen and oxygen atoms in total. The summed E-state index contributed by atoms with van der Waals surface area (Å²) in [6.45, 7) is 7.25. The van der Waals surface area contributed by atoms with E-state index in [9.17, 15) is 13.2 Å². The number of nitrogens with one attached hydrogen (secondary N) is 1. The van der Waals surface area contributed by atoms with Crippen LogP contribution >= 0.6 is 11.6 Å². The number of amides is 1. The van der Waals surface area contributed by atoms with Crippen molar-refractivity contribution in [2.75, 3.05) is 36.4 Å². The number of hydrogen-bond acceptors (Lipinski definition) is 6. The molecule has 2 aromatic carbocycles. The van der Waals surface area contributed by atoms with E-state index in [0.717, 1.165) is 22.6 Å². The maximum absolute atomic E-state index is 13.3. The maximum atomic E-state index is 13.3. The van der Waals surface area contributed by atoms with Crippen LogP contribution in [-0.4, -0.2) is 54.8 Å². The summed E-state index contributed by atoms with van der Waals surface area (Å²) < 4.78 is 28.2. The summed E-state index contributed by atoms with van der Waals surface area (Å²) in [5, 5.41) is 3.35. The van der Waals surface area contributed by atoms with Crippen molar-refractivity contribution in [1.29, 1.82) is 0 Å². The second-order valence-electron chi connectivity index (χ2n) is 8.91. The number of benzene rings is 2. The number of nitrogens with zero attached hydrogens (tertiary/aromatic N) is 4. The Kier molecular flexibility index (Phi) is 7.92. The van der Waals surface area contributed by atoms with E-state index >= 15 is 0 Å². The fourth-order valence-corrected chi connectivity index (χ4v) is 6.00. The SMILES string of the molecule is CC(=O)Nc1ccc(S(=O)(=O)N2CCCN(c3nc(C)nc(C)c3Cc3ccc(Cl)cc3)CC2)cc1. The summed E-state index contributed by atoms with van der Waals surface area (Å²) in [5.74, 6) is 1.34. The highest BCUT2D eigenvalue weighted by atomic mass is 35.5. The molecular formula is C26H30ClN5O3S. The molecule has 1 aromatic heterocycles. The maximum Gasteiger partial charge on any atom is 0.243 e. The molecule has 1 aliphatic rings.